The average molecular weight is 440 g/mol. The van der Waals surface area contributed by atoms with E-state index >= 15 is 0 Å². The molecule has 11 heteroatoms. The van der Waals surface area contributed by atoms with Gasteiger partial charge in [-0.3, -0.25) is 14.4 Å². The Bertz CT molecular complexity index is 675. The highest BCUT2D eigenvalue weighted by molar-refractivity contribution is 5.77. The second kappa shape index (κ2) is 15.6. The largest absolute Gasteiger partial charge is 0.481 e. The van der Waals surface area contributed by atoms with E-state index in [1.54, 1.807) is 0 Å². The van der Waals surface area contributed by atoms with Crippen LogP contribution in [0.1, 0.15) is 24.8 Å². The maximum absolute atomic E-state index is 12.1. The first-order valence-electron chi connectivity index (χ1n) is 9.69. The van der Waals surface area contributed by atoms with Crippen LogP contribution in [-0.4, -0.2) is 73.2 Å². The summed E-state index contributed by atoms with van der Waals surface area (Å²) in [5.41, 5.74) is 0.837. The molecule has 0 saturated carbocycles. The van der Waals surface area contributed by atoms with Crippen LogP contribution in [0.15, 0.2) is 30.3 Å². The van der Waals surface area contributed by atoms with E-state index in [0.717, 1.165) is 5.56 Å². The Morgan fingerprint density at radius 1 is 0.871 bits per heavy atom. The van der Waals surface area contributed by atoms with E-state index in [-0.39, 0.29) is 58.8 Å². The molecule has 0 atom stereocenters. The lowest BCUT2D eigenvalue weighted by Crippen LogP contribution is -2.43. The summed E-state index contributed by atoms with van der Waals surface area (Å²) < 4.78 is 15.5. The van der Waals surface area contributed by atoms with Gasteiger partial charge < -0.3 is 35.1 Å². The Morgan fingerprint density at radius 3 is 2.00 bits per heavy atom. The number of carboxylic acids is 2. The lowest BCUT2D eigenvalue weighted by Gasteiger charge is -2.19. The topological polar surface area (TPSA) is 160 Å². The third-order valence-electron chi connectivity index (χ3n) is 3.76. The molecule has 0 bridgehead atoms. The second-order valence-corrected chi connectivity index (χ2v) is 6.44. The van der Waals surface area contributed by atoms with Gasteiger partial charge in [0.1, 0.15) is 6.61 Å². The minimum Gasteiger partial charge on any atom is -0.481 e. The van der Waals surface area contributed by atoms with Gasteiger partial charge in [0.05, 0.1) is 45.3 Å². The number of rotatable bonds is 16. The molecule has 2 amide bonds. The van der Waals surface area contributed by atoms with Crippen molar-refractivity contribution in [3.63, 3.8) is 0 Å². The number of nitrogens with one attached hydrogen (secondary N) is 2. The van der Waals surface area contributed by atoms with Crippen molar-refractivity contribution in [2.75, 3.05) is 33.0 Å². The molecule has 0 aliphatic carbocycles. The number of carboxylic acid groups (broad SMARTS) is 2. The maximum atomic E-state index is 12.1. The number of amides is 2. The SMILES string of the molecule is O=C(O)CCOCC(COCCC(=O)O)NC(=O)CCNC(=O)OCc1ccccc1. The summed E-state index contributed by atoms with van der Waals surface area (Å²) in [6.45, 7) is 0.0861. The van der Waals surface area contributed by atoms with Crippen molar-refractivity contribution in [3.8, 4) is 0 Å². The van der Waals surface area contributed by atoms with Gasteiger partial charge in [-0.05, 0) is 5.56 Å². The van der Waals surface area contributed by atoms with Crippen LogP contribution >= 0.6 is 0 Å². The third-order valence-corrected chi connectivity index (χ3v) is 3.76. The van der Waals surface area contributed by atoms with Gasteiger partial charge >= 0.3 is 18.0 Å². The zero-order chi connectivity index (χ0) is 22.9. The first kappa shape index (κ1) is 25.9. The predicted octanol–water partition coefficient (Wildman–Crippen LogP) is 0.770. The Labute approximate surface area is 179 Å². The molecule has 1 rings (SSSR count). The van der Waals surface area contributed by atoms with Crippen LogP contribution in [0, 0.1) is 0 Å². The molecule has 172 valence electrons. The quantitative estimate of drug-likeness (QED) is 0.272. The Hall–Kier alpha value is -3.18. The van der Waals surface area contributed by atoms with Crippen LogP contribution in [-0.2, 0) is 35.2 Å². The number of carbonyl (C=O) groups is 4. The van der Waals surface area contributed by atoms with Gasteiger partial charge in [-0.25, -0.2) is 4.79 Å². The van der Waals surface area contributed by atoms with Crippen molar-refractivity contribution in [2.45, 2.75) is 31.9 Å². The first-order valence-corrected chi connectivity index (χ1v) is 9.69. The molecule has 0 heterocycles. The number of alkyl carbamates (subject to hydrolysis) is 1. The summed E-state index contributed by atoms with van der Waals surface area (Å²) in [5.74, 6) is -2.41. The smallest absolute Gasteiger partial charge is 0.407 e. The molecule has 0 radical (unpaired) electrons. The molecule has 31 heavy (non-hydrogen) atoms. The van der Waals surface area contributed by atoms with Crippen LogP contribution in [0.4, 0.5) is 4.79 Å². The fraction of sp³-hybridized carbons (Fsp3) is 0.500. The molecule has 11 nitrogen and oxygen atoms in total. The number of aliphatic carboxylic acids is 2. The zero-order valence-corrected chi connectivity index (χ0v) is 17.1. The van der Waals surface area contributed by atoms with Crippen molar-refractivity contribution < 1.29 is 43.6 Å². The molecule has 1 aromatic rings. The lowest BCUT2D eigenvalue weighted by atomic mass is 10.2. The zero-order valence-electron chi connectivity index (χ0n) is 17.1. The standard InChI is InChI=1S/C20H28N2O9/c23-17(6-9-21-20(28)31-12-15-4-2-1-3-5-15)22-16(13-29-10-7-18(24)25)14-30-11-8-19(26)27/h1-5,16H,6-14H2,(H,21,28)(H,22,23)(H,24,25)(H,26,27). The number of carbonyl (C=O) groups excluding carboxylic acids is 2. The molecule has 0 aliphatic rings. The number of hydrogen-bond acceptors (Lipinski definition) is 7. The highest BCUT2D eigenvalue weighted by atomic mass is 16.5. The summed E-state index contributed by atoms with van der Waals surface area (Å²) in [6, 6.07) is 8.54. The van der Waals surface area contributed by atoms with Gasteiger partial charge in [-0.2, -0.15) is 0 Å². The van der Waals surface area contributed by atoms with Crippen LogP contribution < -0.4 is 10.6 Å². The normalized spacial score (nSPS) is 10.5. The first-order chi connectivity index (χ1) is 14.9. The summed E-state index contributed by atoms with van der Waals surface area (Å²) in [7, 11) is 0. The van der Waals surface area contributed by atoms with E-state index in [0.29, 0.717) is 0 Å². The van der Waals surface area contributed by atoms with Crippen molar-refractivity contribution in [2.24, 2.45) is 0 Å². The van der Waals surface area contributed by atoms with E-state index in [2.05, 4.69) is 10.6 Å². The van der Waals surface area contributed by atoms with E-state index in [1.807, 2.05) is 30.3 Å². The van der Waals surface area contributed by atoms with E-state index in [4.69, 9.17) is 24.4 Å². The van der Waals surface area contributed by atoms with E-state index in [1.165, 1.54) is 0 Å². The summed E-state index contributed by atoms with van der Waals surface area (Å²) in [6.07, 6.45) is -1.05. The molecule has 0 aliphatic heterocycles. The van der Waals surface area contributed by atoms with Crippen LogP contribution in [0.5, 0.6) is 0 Å². The number of benzene rings is 1. The molecular weight excluding hydrogens is 412 g/mol. The van der Waals surface area contributed by atoms with Crippen molar-refractivity contribution in [1.29, 1.82) is 0 Å². The van der Waals surface area contributed by atoms with Crippen molar-refractivity contribution in [1.82, 2.24) is 10.6 Å². The Kier molecular flexibility index (Phi) is 13.0. The van der Waals surface area contributed by atoms with E-state index in [9.17, 15) is 19.2 Å². The Morgan fingerprint density at radius 2 is 1.45 bits per heavy atom. The van der Waals surface area contributed by atoms with Crippen LogP contribution in [0.2, 0.25) is 0 Å². The number of hydrogen-bond donors (Lipinski definition) is 4. The van der Waals surface area contributed by atoms with Gasteiger partial charge in [-0.15, -0.1) is 0 Å². The highest BCUT2D eigenvalue weighted by Crippen LogP contribution is 2.00. The fourth-order valence-corrected chi connectivity index (χ4v) is 2.25. The minimum atomic E-state index is -1.01. The molecule has 0 aromatic heterocycles. The monoisotopic (exact) mass is 440 g/mol. The van der Waals surface area contributed by atoms with Crippen LogP contribution in [0.25, 0.3) is 0 Å². The minimum absolute atomic E-state index is 0.00135. The van der Waals surface area contributed by atoms with Gasteiger partial charge in [0.15, 0.2) is 0 Å². The second-order valence-electron chi connectivity index (χ2n) is 6.44. The van der Waals surface area contributed by atoms with Crippen molar-refractivity contribution in [3.05, 3.63) is 35.9 Å². The predicted molar refractivity (Wildman–Crippen MR) is 107 cm³/mol. The molecule has 1 aromatic carbocycles. The maximum Gasteiger partial charge on any atom is 0.407 e. The molecule has 0 spiro atoms. The molecule has 0 fully saturated rings. The summed E-state index contributed by atoms with van der Waals surface area (Å²) in [5, 5.41) is 22.4. The van der Waals surface area contributed by atoms with Gasteiger partial charge in [-0.1, -0.05) is 30.3 Å². The molecule has 0 unspecified atom stereocenters. The third kappa shape index (κ3) is 14.4. The summed E-state index contributed by atoms with van der Waals surface area (Å²) in [4.78, 5) is 44.8. The highest BCUT2D eigenvalue weighted by Gasteiger charge is 2.14. The average Bonchev–Trinajstić information content (AvgIpc) is 2.73. The van der Waals surface area contributed by atoms with Gasteiger partial charge in [0, 0.05) is 13.0 Å². The van der Waals surface area contributed by atoms with Crippen LogP contribution in [0.3, 0.4) is 0 Å². The fourth-order valence-electron chi connectivity index (χ4n) is 2.25. The molecular formula is C20H28N2O9. The Balaban J connectivity index is 2.29. The summed E-state index contributed by atoms with van der Waals surface area (Å²) >= 11 is 0. The lowest BCUT2D eigenvalue weighted by molar-refractivity contribution is -0.139. The van der Waals surface area contributed by atoms with Gasteiger partial charge in [0.2, 0.25) is 5.91 Å². The van der Waals surface area contributed by atoms with Crippen molar-refractivity contribution >= 4 is 23.9 Å². The van der Waals surface area contributed by atoms with E-state index < -0.39 is 30.0 Å². The molecule has 4 N–H and O–H groups in total. The van der Waals surface area contributed by atoms with Gasteiger partial charge in [0.25, 0.3) is 0 Å². The number of ether oxygens (including phenoxy) is 3. The molecule has 0 saturated heterocycles.